The molecular formula is C10H18N2O2S. The summed E-state index contributed by atoms with van der Waals surface area (Å²) in [6, 6.07) is 0. The SMILES string of the molecule is CC(C(=O)NCC1CCOCC1)C(N)=S. The summed E-state index contributed by atoms with van der Waals surface area (Å²) in [5.41, 5.74) is 5.40. The van der Waals surface area contributed by atoms with Crippen LogP contribution >= 0.6 is 12.2 Å². The van der Waals surface area contributed by atoms with Gasteiger partial charge in [0.15, 0.2) is 0 Å². The summed E-state index contributed by atoms with van der Waals surface area (Å²) in [7, 11) is 0. The Morgan fingerprint density at radius 3 is 2.73 bits per heavy atom. The summed E-state index contributed by atoms with van der Waals surface area (Å²) in [6.45, 7) is 4.02. The molecule has 1 unspecified atom stereocenters. The van der Waals surface area contributed by atoms with E-state index >= 15 is 0 Å². The first-order chi connectivity index (χ1) is 7.11. The van der Waals surface area contributed by atoms with E-state index in [9.17, 15) is 4.79 Å². The monoisotopic (exact) mass is 230 g/mol. The van der Waals surface area contributed by atoms with Crippen LogP contribution in [0.1, 0.15) is 19.8 Å². The number of nitrogens with two attached hydrogens (primary N) is 1. The first kappa shape index (κ1) is 12.4. The third-order valence-corrected chi connectivity index (χ3v) is 3.08. The van der Waals surface area contributed by atoms with Gasteiger partial charge in [0.1, 0.15) is 0 Å². The van der Waals surface area contributed by atoms with E-state index in [4.69, 9.17) is 22.7 Å². The van der Waals surface area contributed by atoms with E-state index in [1.54, 1.807) is 6.92 Å². The molecule has 0 bridgehead atoms. The van der Waals surface area contributed by atoms with E-state index in [1.807, 2.05) is 0 Å². The predicted molar refractivity (Wildman–Crippen MR) is 62.5 cm³/mol. The van der Waals surface area contributed by atoms with Crippen LogP contribution in [-0.4, -0.2) is 30.7 Å². The molecule has 1 aliphatic heterocycles. The Morgan fingerprint density at radius 1 is 1.60 bits per heavy atom. The Kier molecular flexibility index (Phi) is 4.98. The number of rotatable bonds is 4. The van der Waals surface area contributed by atoms with Crippen LogP contribution in [0.15, 0.2) is 0 Å². The minimum absolute atomic E-state index is 0.0750. The van der Waals surface area contributed by atoms with Gasteiger partial charge in [-0.1, -0.05) is 12.2 Å². The zero-order valence-corrected chi connectivity index (χ0v) is 9.81. The van der Waals surface area contributed by atoms with Crippen molar-refractivity contribution in [2.24, 2.45) is 17.6 Å². The first-order valence-corrected chi connectivity index (χ1v) is 5.67. The number of carbonyl (C=O) groups excluding carboxylic acids is 1. The van der Waals surface area contributed by atoms with Gasteiger partial charge in [0.25, 0.3) is 0 Å². The molecule has 1 rings (SSSR count). The summed E-state index contributed by atoms with van der Waals surface area (Å²) in [5.74, 6) is 0.0788. The van der Waals surface area contributed by atoms with E-state index in [-0.39, 0.29) is 16.8 Å². The molecule has 0 aliphatic carbocycles. The normalized spacial score (nSPS) is 19.5. The van der Waals surface area contributed by atoms with Crippen molar-refractivity contribution < 1.29 is 9.53 Å². The van der Waals surface area contributed by atoms with Crippen molar-refractivity contribution in [3.63, 3.8) is 0 Å². The van der Waals surface area contributed by atoms with Crippen molar-refractivity contribution in [1.29, 1.82) is 0 Å². The lowest BCUT2D eigenvalue weighted by molar-refractivity contribution is -0.122. The molecule has 0 aromatic carbocycles. The second kappa shape index (κ2) is 6.02. The molecule has 1 fully saturated rings. The molecule has 0 radical (unpaired) electrons. The molecule has 3 N–H and O–H groups in total. The van der Waals surface area contributed by atoms with Gasteiger partial charge in [-0.2, -0.15) is 0 Å². The van der Waals surface area contributed by atoms with Gasteiger partial charge in [-0.25, -0.2) is 0 Å². The summed E-state index contributed by atoms with van der Waals surface area (Å²) >= 11 is 4.76. The van der Waals surface area contributed by atoms with Gasteiger partial charge in [-0.15, -0.1) is 0 Å². The van der Waals surface area contributed by atoms with Crippen LogP contribution in [0.4, 0.5) is 0 Å². The maximum absolute atomic E-state index is 11.5. The van der Waals surface area contributed by atoms with Gasteiger partial charge >= 0.3 is 0 Å². The number of nitrogens with one attached hydrogen (secondary N) is 1. The topological polar surface area (TPSA) is 64.3 Å². The fraction of sp³-hybridized carbons (Fsp3) is 0.800. The zero-order chi connectivity index (χ0) is 11.3. The Bertz CT molecular complexity index is 240. The highest BCUT2D eigenvalue weighted by Gasteiger charge is 2.18. The highest BCUT2D eigenvalue weighted by atomic mass is 32.1. The van der Waals surface area contributed by atoms with E-state index in [0.717, 1.165) is 26.1 Å². The van der Waals surface area contributed by atoms with E-state index in [2.05, 4.69) is 5.32 Å². The first-order valence-electron chi connectivity index (χ1n) is 5.26. The van der Waals surface area contributed by atoms with Crippen LogP contribution in [0.25, 0.3) is 0 Å². The van der Waals surface area contributed by atoms with Gasteiger partial charge < -0.3 is 15.8 Å². The number of carbonyl (C=O) groups is 1. The van der Waals surface area contributed by atoms with E-state index in [0.29, 0.717) is 12.5 Å². The van der Waals surface area contributed by atoms with Crippen molar-refractivity contribution in [3.8, 4) is 0 Å². The third kappa shape index (κ3) is 4.13. The van der Waals surface area contributed by atoms with Gasteiger partial charge in [0, 0.05) is 19.8 Å². The van der Waals surface area contributed by atoms with Crippen LogP contribution < -0.4 is 11.1 Å². The molecule has 0 spiro atoms. The molecule has 0 aromatic rings. The largest absolute Gasteiger partial charge is 0.393 e. The molecule has 5 heteroatoms. The lowest BCUT2D eigenvalue weighted by Crippen LogP contribution is -2.39. The van der Waals surface area contributed by atoms with E-state index < -0.39 is 0 Å². The Balaban J connectivity index is 2.23. The van der Waals surface area contributed by atoms with Crippen molar-refractivity contribution in [1.82, 2.24) is 5.32 Å². The van der Waals surface area contributed by atoms with Gasteiger partial charge in [0.2, 0.25) is 5.91 Å². The van der Waals surface area contributed by atoms with Crippen LogP contribution in [0.2, 0.25) is 0 Å². The molecule has 4 nitrogen and oxygen atoms in total. The lowest BCUT2D eigenvalue weighted by atomic mass is 10.00. The van der Waals surface area contributed by atoms with Crippen LogP contribution in [0.5, 0.6) is 0 Å². The van der Waals surface area contributed by atoms with Crippen LogP contribution in [-0.2, 0) is 9.53 Å². The zero-order valence-electron chi connectivity index (χ0n) is 8.99. The summed E-state index contributed by atoms with van der Waals surface area (Å²) in [5, 5.41) is 2.87. The minimum atomic E-state index is -0.375. The molecule has 1 saturated heterocycles. The maximum atomic E-state index is 11.5. The second-order valence-electron chi connectivity index (χ2n) is 3.92. The molecule has 0 saturated carbocycles. The molecule has 1 aliphatic rings. The maximum Gasteiger partial charge on any atom is 0.229 e. The van der Waals surface area contributed by atoms with Gasteiger partial charge in [-0.3, -0.25) is 4.79 Å². The van der Waals surface area contributed by atoms with Crippen LogP contribution in [0, 0.1) is 11.8 Å². The lowest BCUT2D eigenvalue weighted by Gasteiger charge is -2.22. The third-order valence-electron chi connectivity index (χ3n) is 2.73. The summed E-state index contributed by atoms with van der Waals surface area (Å²) < 4.78 is 5.24. The average Bonchev–Trinajstić information content (AvgIpc) is 2.26. The molecular weight excluding hydrogens is 212 g/mol. The average molecular weight is 230 g/mol. The Hall–Kier alpha value is -0.680. The highest BCUT2D eigenvalue weighted by Crippen LogP contribution is 2.13. The van der Waals surface area contributed by atoms with Crippen molar-refractivity contribution in [2.45, 2.75) is 19.8 Å². The van der Waals surface area contributed by atoms with E-state index in [1.165, 1.54) is 0 Å². The smallest absolute Gasteiger partial charge is 0.229 e. The molecule has 1 amide bonds. The van der Waals surface area contributed by atoms with Gasteiger partial charge in [-0.05, 0) is 25.7 Å². The minimum Gasteiger partial charge on any atom is -0.393 e. The molecule has 1 atom stereocenters. The molecule has 1 heterocycles. The summed E-state index contributed by atoms with van der Waals surface area (Å²) in [6.07, 6.45) is 2.03. The number of hydrogen-bond acceptors (Lipinski definition) is 3. The fourth-order valence-corrected chi connectivity index (χ4v) is 1.58. The Morgan fingerprint density at radius 2 is 2.20 bits per heavy atom. The predicted octanol–water partition coefficient (Wildman–Crippen LogP) is 0.451. The summed E-state index contributed by atoms with van der Waals surface area (Å²) in [4.78, 5) is 11.8. The number of amides is 1. The van der Waals surface area contributed by atoms with Crippen molar-refractivity contribution in [3.05, 3.63) is 0 Å². The molecule has 15 heavy (non-hydrogen) atoms. The number of thiocarbonyl (C=S) groups is 1. The van der Waals surface area contributed by atoms with Crippen molar-refractivity contribution in [2.75, 3.05) is 19.8 Å². The van der Waals surface area contributed by atoms with Gasteiger partial charge in [0.05, 0.1) is 10.9 Å². The standard InChI is InChI=1S/C10H18N2O2S/c1-7(9(11)15)10(13)12-6-8-2-4-14-5-3-8/h7-8H,2-6H2,1H3,(H2,11,15)(H,12,13). The second-order valence-corrected chi connectivity index (χ2v) is 4.40. The number of ether oxygens (including phenoxy) is 1. The number of hydrogen-bond donors (Lipinski definition) is 2. The van der Waals surface area contributed by atoms with Crippen molar-refractivity contribution >= 4 is 23.1 Å². The quantitative estimate of drug-likeness (QED) is 0.688. The Labute approximate surface area is 95.5 Å². The van der Waals surface area contributed by atoms with Crippen LogP contribution in [0.3, 0.4) is 0 Å². The molecule has 0 aromatic heterocycles. The fourth-order valence-electron chi connectivity index (χ4n) is 1.48. The highest BCUT2D eigenvalue weighted by molar-refractivity contribution is 7.80. The molecule has 86 valence electrons.